The van der Waals surface area contributed by atoms with Gasteiger partial charge in [0.15, 0.2) is 6.73 Å². The molecule has 1 aromatic carbocycles. The first-order valence-corrected chi connectivity index (χ1v) is 4.45. The lowest BCUT2D eigenvalue weighted by Gasteiger charge is -2.08. The molecule has 2 rings (SSSR count). The number of nitro groups is 1. The molecule has 7 nitrogen and oxygen atoms in total. The number of imide groups is 1. The summed E-state index contributed by atoms with van der Waals surface area (Å²) >= 11 is 0. The number of benzene rings is 1. The molecule has 0 spiro atoms. The zero-order chi connectivity index (χ0) is 12.6. The van der Waals surface area contributed by atoms with Crippen LogP contribution in [0.4, 0.5) is 10.2 Å². The molecule has 1 aromatic rings. The van der Waals surface area contributed by atoms with Gasteiger partial charge < -0.3 is 0 Å². The Hall–Kier alpha value is -2.35. The standard InChI is InChI=1S/C9H5FN2O5/c10-17-4-11-8(13)5-2-1-3-6(12(15)16)7(5)9(11)14/h1-3H,4H2. The Balaban J connectivity index is 2.57. The van der Waals surface area contributed by atoms with Crippen molar-refractivity contribution in [3.8, 4) is 0 Å². The molecule has 1 aliphatic rings. The Morgan fingerprint density at radius 3 is 2.65 bits per heavy atom. The van der Waals surface area contributed by atoms with E-state index in [0.717, 1.165) is 6.07 Å². The molecule has 17 heavy (non-hydrogen) atoms. The number of hydrogen-bond acceptors (Lipinski definition) is 5. The highest BCUT2D eigenvalue weighted by molar-refractivity contribution is 6.23. The van der Waals surface area contributed by atoms with Gasteiger partial charge in [0.05, 0.1) is 10.5 Å². The monoisotopic (exact) mass is 240 g/mol. The predicted molar refractivity (Wildman–Crippen MR) is 50.7 cm³/mol. The minimum absolute atomic E-state index is 0.124. The molecule has 0 saturated heterocycles. The van der Waals surface area contributed by atoms with Crippen LogP contribution < -0.4 is 0 Å². The number of amides is 2. The number of hydrogen-bond donors (Lipinski definition) is 0. The van der Waals surface area contributed by atoms with Crippen molar-refractivity contribution in [2.75, 3.05) is 6.73 Å². The molecular formula is C9H5FN2O5. The summed E-state index contributed by atoms with van der Waals surface area (Å²) in [6, 6.07) is 3.65. The first-order valence-electron chi connectivity index (χ1n) is 4.45. The van der Waals surface area contributed by atoms with Crippen LogP contribution in [0.2, 0.25) is 0 Å². The van der Waals surface area contributed by atoms with Crippen molar-refractivity contribution in [1.29, 1.82) is 0 Å². The smallest absolute Gasteiger partial charge is 0.268 e. The third-order valence-corrected chi connectivity index (χ3v) is 2.35. The Labute approximate surface area is 93.4 Å². The van der Waals surface area contributed by atoms with Crippen LogP contribution in [-0.4, -0.2) is 28.4 Å². The molecule has 88 valence electrons. The van der Waals surface area contributed by atoms with E-state index in [0.29, 0.717) is 4.90 Å². The number of carbonyl (C=O) groups excluding carboxylic acids is 2. The van der Waals surface area contributed by atoms with Gasteiger partial charge in [0.1, 0.15) is 5.56 Å². The van der Waals surface area contributed by atoms with E-state index < -0.39 is 29.2 Å². The van der Waals surface area contributed by atoms with E-state index >= 15 is 0 Å². The zero-order valence-electron chi connectivity index (χ0n) is 8.25. The van der Waals surface area contributed by atoms with Crippen LogP contribution in [0, 0.1) is 10.1 Å². The first kappa shape index (κ1) is 11.1. The lowest BCUT2D eigenvalue weighted by atomic mass is 10.1. The van der Waals surface area contributed by atoms with E-state index in [1.165, 1.54) is 12.1 Å². The molecule has 0 aromatic heterocycles. The number of nitro benzene ring substituents is 1. The van der Waals surface area contributed by atoms with Gasteiger partial charge >= 0.3 is 0 Å². The fourth-order valence-electron chi connectivity index (χ4n) is 1.63. The van der Waals surface area contributed by atoms with Crippen molar-refractivity contribution in [3.63, 3.8) is 0 Å². The summed E-state index contributed by atoms with van der Waals surface area (Å²) in [6.07, 6.45) is 0. The molecule has 0 bridgehead atoms. The van der Waals surface area contributed by atoms with Crippen molar-refractivity contribution in [2.45, 2.75) is 0 Å². The second-order valence-corrected chi connectivity index (χ2v) is 3.23. The van der Waals surface area contributed by atoms with Crippen LogP contribution in [0.25, 0.3) is 0 Å². The highest BCUT2D eigenvalue weighted by atomic mass is 19.3. The molecule has 2 amide bonds. The maximum absolute atomic E-state index is 11.7. The average Bonchev–Trinajstić information content (AvgIpc) is 2.55. The quantitative estimate of drug-likeness (QED) is 0.447. The second-order valence-electron chi connectivity index (χ2n) is 3.23. The van der Waals surface area contributed by atoms with E-state index in [-0.39, 0.29) is 11.1 Å². The van der Waals surface area contributed by atoms with Gasteiger partial charge in [-0.1, -0.05) is 6.07 Å². The normalized spacial score (nSPS) is 14.1. The molecule has 0 radical (unpaired) electrons. The van der Waals surface area contributed by atoms with E-state index in [4.69, 9.17) is 0 Å². The van der Waals surface area contributed by atoms with Gasteiger partial charge in [-0.25, -0.2) is 4.90 Å². The van der Waals surface area contributed by atoms with Gasteiger partial charge in [0.25, 0.3) is 17.5 Å². The lowest BCUT2D eigenvalue weighted by molar-refractivity contribution is -0.385. The summed E-state index contributed by atoms with van der Waals surface area (Å²) in [6.45, 7) is -0.885. The molecule has 1 heterocycles. The Kier molecular flexibility index (Phi) is 2.56. The van der Waals surface area contributed by atoms with Crippen LogP contribution in [-0.2, 0) is 4.94 Å². The maximum Gasteiger partial charge on any atom is 0.282 e. The summed E-state index contributed by atoms with van der Waals surface area (Å²) in [5, 5.41) is 10.7. The minimum atomic E-state index is -0.935. The topological polar surface area (TPSA) is 89.8 Å². The van der Waals surface area contributed by atoms with Gasteiger partial charge in [0.2, 0.25) is 0 Å². The van der Waals surface area contributed by atoms with Crippen molar-refractivity contribution < 1.29 is 24.0 Å². The molecule has 8 heteroatoms. The van der Waals surface area contributed by atoms with Crippen molar-refractivity contribution in [1.82, 2.24) is 4.90 Å². The SMILES string of the molecule is O=C1c2cccc([N+](=O)[O-])c2C(=O)N1COF. The zero-order valence-corrected chi connectivity index (χ0v) is 8.25. The average molecular weight is 240 g/mol. The first-order chi connectivity index (χ1) is 8.07. The number of fused-ring (bicyclic) bond motifs is 1. The summed E-state index contributed by atoms with van der Waals surface area (Å²) in [5.41, 5.74) is -0.942. The second kappa shape index (κ2) is 3.91. The number of carbonyl (C=O) groups is 2. The van der Waals surface area contributed by atoms with Crippen LogP contribution in [0.1, 0.15) is 20.7 Å². The van der Waals surface area contributed by atoms with E-state index in [1.807, 2.05) is 0 Å². The lowest BCUT2D eigenvalue weighted by Crippen LogP contribution is -2.31. The van der Waals surface area contributed by atoms with Gasteiger partial charge in [-0.3, -0.25) is 19.7 Å². The summed E-state index contributed by atoms with van der Waals surface area (Å²) in [5.74, 6) is -1.75. The number of rotatable bonds is 3. The van der Waals surface area contributed by atoms with Crippen molar-refractivity contribution in [2.24, 2.45) is 0 Å². The van der Waals surface area contributed by atoms with Gasteiger partial charge in [-0.2, -0.15) is 4.94 Å². The molecule has 0 saturated carbocycles. The third-order valence-electron chi connectivity index (χ3n) is 2.35. The fourth-order valence-corrected chi connectivity index (χ4v) is 1.63. The number of halogens is 1. The number of nitrogens with zero attached hydrogens (tertiary/aromatic N) is 2. The third kappa shape index (κ3) is 1.54. The minimum Gasteiger partial charge on any atom is -0.268 e. The fraction of sp³-hybridized carbons (Fsp3) is 0.111. The molecule has 0 fully saturated rings. The summed E-state index contributed by atoms with van der Waals surface area (Å²) < 4.78 is 11.7. The molecular weight excluding hydrogens is 235 g/mol. The predicted octanol–water partition coefficient (Wildman–Crippen LogP) is 1.05. The van der Waals surface area contributed by atoms with Crippen LogP contribution in [0.5, 0.6) is 0 Å². The largest absolute Gasteiger partial charge is 0.282 e. The van der Waals surface area contributed by atoms with Crippen molar-refractivity contribution >= 4 is 17.5 Å². The van der Waals surface area contributed by atoms with Crippen LogP contribution >= 0.6 is 0 Å². The van der Waals surface area contributed by atoms with E-state index in [2.05, 4.69) is 4.94 Å². The van der Waals surface area contributed by atoms with Crippen LogP contribution in [0.15, 0.2) is 18.2 Å². The van der Waals surface area contributed by atoms with Gasteiger partial charge in [-0.15, -0.1) is 0 Å². The molecule has 0 aliphatic carbocycles. The molecule has 0 N–H and O–H groups in total. The maximum atomic E-state index is 11.7. The Bertz CT molecular complexity index is 530. The van der Waals surface area contributed by atoms with Crippen molar-refractivity contribution in [3.05, 3.63) is 39.4 Å². The molecule has 0 unspecified atom stereocenters. The molecule has 1 aliphatic heterocycles. The van der Waals surface area contributed by atoms with Crippen LogP contribution in [0.3, 0.4) is 0 Å². The Morgan fingerprint density at radius 2 is 2.06 bits per heavy atom. The highest BCUT2D eigenvalue weighted by Crippen LogP contribution is 2.30. The molecule has 0 atom stereocenters. The Morgan fingerprint density at radius 1 is 1.35 bits per heavy atom. The van der Waals surface area contributed by atoms with E-state index in [1.54, 1.807) is 0 Å². The highest BCUT2D eigenvalue weighted by Gasteiger charge is 2.41. The van der Waals surface area contributed by atoms with E-state index in [9.17, 15) is 24.2 Å². The summed E-state index contributed by atoms with van der Waals surface area (Å²) in [4.78, 5) is 36.9. The summed E-state index contributed by atoms with van der Waals surface area (Å²) in [7, 11) is 0. The van der Waals surface area contributed by atoms with Gasteiger partial charge in [0, 0.05) is 6.07 Å². The van der Waals surface area contributed by atoms with Gasteiger partial charge in [-0.05, 0) is 10.6 Å².